The number of sulfone groups is 1. The summed E-state index contributed by atoms with van der Waals surface area (Å²) in [5, 5.41) is 4.58. The standard InChI is InChI=1S/C22H28F2N4O3S/c1-15(2)11-28-13-16-12-27(14-19(16)25-28)21(29)18-10-17(32(3,30)31)4-5-20(18)26-8-6-22(23,24)7-9-26/h4-5,10,13,15H,6-9,11-12,14H2,1-3H3. The van der Waals surface area contributed by atoms with E-state index in [0.29, 0.717) is 24.7 Å². The van der Waals surface area contributed by atoms with Crippen molar-refractivity contribution in [3.05, 3.63) is 41.2 Å². The lowest BCUT2D eigenvalue weighted by Crippen LogP contribution is -2.40. The number of amides is 1. The fourth-order valence-electron chi connectivity index (χ4n) is 4.26. The Bertz CT molecular complexity index is 1110. The van der Waals surface area contributed by atoms with Crippen LogP contribution in [-0.2, 0) is 29.5 Å². The molecule has 10 heteroatoms. The molecular weight excluding hydrogens is 438 g/mol. The average molecular weight is 467 g/mol. The van der Waals surface area contributed by atoms with Crippen LogP contribution in [0.2, 0.25) is 0 Å². The summed E-state index contributed by atoms with van der Waals surface area (Å²) in [5.74, 6) is -2.59. The van der Waals surface area contributed by atoms with E-state index in [0.717, 1.165) is 24.1 Å². The molecule has 7 nitrogen and oxygen atoms in total. The molecule has 1 saturated heterocycles. The molecule has 1 aromatic heterocycles. The van der Waals surface area contributed by atoms with Crippen molar-refractivity contribution in [2.24, 2.45) is 5.92 Å². The summed E-state index contributed by atoms with van der Waals surface area (Å²) in [4.78, 5) is 16.9. The predicted octanol–water partition coefficient (Wildman–Crippen LogP) is 3.33. The summed E-state index contributed by atoms with van der Waals surface area (Å²) in [7, 11) is -3.53. The SMILES string of the molecule is CC(C)Cn1cc2c(n1)CN(C(=O)c1cc(S(C)(=O)=O)ccc1N1CCC(F)(F)CC1)C2. The first kappa shape index (κ1) is 22.7. The van der Waals surface area contributed by atoms with E-state index < -0.39 is 15.8 Å². The zero-order valence-corrected chi connectivity index (χ0v) is 19.3. The molecule has 0 spiro atoms. The van der Waals surface area contributed by atoms with Crippen molar-refractivity contribution in [3.8, 4) is 0 Å². The van der Waals surface area contributed by atoms with Crippen molar-refractivity contribution in [3.63, 3.8) is 0 Å². The van der Waals surface area contributed by atoms with Gasteiger partial charge in [0, 0.05) is 62.7 Å². The molecule has 0 unspecified atom stereocenters. The monoisotopic (exact) mass is 466 g/mol. The number of benzene rings is 1. The smallest absolute Gasteiger partial charge is 0.256 e. The van der Waals surface area contributed by atoms with Crippen LogP contribution < -0.4 is 4.90 Å². The number of hydrogen-bond acceptors (Lipinski definition) is 5. The number of aromatic nitrogens is 2. The van der Waals surface area contributed by atoms with Crippen LogP contribution in [0, 0.1) is 5.92 Å². The Balaban J connectivity index is 1.62. The maximum absolute atomic E-state index is 13.7. The van der Waals surface area contributed by atoms with Crippen molar-refractivity contribution in [2.45, 2.75) is 57.1 Å². The van der Waals surface area contributed by atoms with E-state index in [9.17, 15) is 22.0 Å². The number of carbonyl (C=O) groups excluding carboxylic acids is 1. The molecule has 4 rings (SSSR count). The number of piperidine rings is 1. The summed E-state index contributed by atoms with van der Waals surface area (Å²) in [5.41, 5.74) is 2.51. The first-order chi connectivity index (χ1) is 14.9. The molecule has 1 fully saturated rings. The molecule has 2 aromatic rings. The molecule has 0 aliphatic carbocycles. The van der Waals surface area contributed by atoms with E-state index in [1.165, 1.54) is 12.1 Å². The molecular formula is C22H28F2N4O3S. The van der Waals surface area contributed by atoms with Crippen molar-refractivity contribution in [1.82, 2.24) is 14.7 Å². The summed E-state index contributed by atoms with van der Waals surface area (Å²) in [6.07, 6.45) is 2.44. The molecule has 2 aliphatic heterocycles. The average Bonchev–Trinajstić information content (AvgIpc) is 3.24. The van der Waals surface area contributed by atoms with Crippen LogP contribution in [0.5, 0.6) is 0 Å². The van der Waals surface area contributed by atoms with Crippen molar-refractivity contribution >= 4 is 21.4 Å². The van der Waals surface area contributed by atoms with Crippen LogP contribution >= 0.6 is 0 Å². The molecule has 0 radical (unpaired) electrons. The molecule has 174 valence electrons. The highest BCUT2D eigenvalue weighted by molar-refractivity contribution is 7.90. The number of halogens is 2. The van der Waals surface area contributed by atoms with Crippen LogP contribution in [0.15, 0.2) is 29.3 Å². The Kier molecular flexibility index (Phi) is 5.77. The van der Waals surface area contributed by atoms with Crippen LogP contribution in [0.1, 0.15) is 48.3 Å². The maximum atomic E-state index is 13.7. The molecule has 3 heterocycles. The van der Waals surface area contributed by atoms with Crippen LogP contribution in [-0.4, -0.2) is 54.3 Å². The third kappa shape index (κ3) is 4.65. The second-order valence-corrected chi connectivity index (χ2v) is 11.2. The number of fused-ring (bicyclic) bond motifs is 1. The quantitative estimate of drug-likeness (QED) is 0.676. The normalized spacial score (nSPS) is 18.3. The van der Waals surface area contributed by atoms with Gasteiger partial charge < -0.3 is 9.80 Å². The van der Waals surface area contributed by atoms with Gasteiger partial charge in [0.15, 0.2) is 9.84 Å². The highest BCUT2D eigenvalue weighted by Gasteiger charge is 2.36. The number of nitrogens with zero attached hydrogens (tertiary/aromatic N) is 4. The molecule has 2 aliphatic rings. The Morgan fingerprint density at radius 2 is 1.88 bits per heavy atom. The highest BCUT2D eigenvalue weighted by atomic mass is 32.2. The lowest BCUT2D eigenvalue weighted by Gasteiger charge is -2.35. The Labute approximate surface area is 186 Å². The van der Waals surface area contributed by atoms with Gasteiger partial charge in [0.05, 0.1) is 22.7 Å². The minimum atomic E-state index is -3.53. The summed E-state index contributed by atoms with van der Waals surface area (Å²) < 4.78 is 53.4. The van der Waals surface area contributed by atoms with Crippen LogP contribution in [0.3, 0.4) is 0 Å². The van der Waals surface area contributed by atoms with Crippen molar-refractivity contribution in [2.75, 3.05) is 24.2 Å². The second kappa shape index (κ2) is 8.13. The molecule has 1 amide bonds. The fraction of sp³-hybridized carbons (Fsp3) is 0.545. The topological polar surface area (TPSA) is 75.5 Å². The number of carbonyl (C=O) groups is 1. The lowest BCUT2D eigenvalue weighted by molar-refractivity contribution is -0.0220. The Hall–Kier alpha value is -2.49. The Morgan fingerprint density at radius 3 is 2.47 bits per heavy atom. The van der Waals surface area contributed by atoms with Gasteiger partial charge in [0.1, 0.15) is 0 Å². The molecule has 1 aromatic carbocycles. The van der Waals surface area contributed by atoms with Gasteiger partial charge in [-0.25, -0.2) is 17.2 Å². The molecule has 0 atom stereocenters. The number of anilines is 1. The molecule has 0 saturated carbocycles. The number of hydrogen-bond donors (Lipinski definition) is 0. The summed E-state index contributed by atoms with van der Waals surface area (Å²) in [6, 6.07) is 4.36. The zero-order chi connectivity index (χ0) is 23.3. The van der Waals surface area contributed by atoms with Gasteiger partial charge in [-0.05, 0) is 24.1 Å². The van der Waals surface area contributed by atoms with Gasteiger partial charge in [-0.1, -0.05) is 13.8 Å². The fourth-order valence-corrected chi connectivity index (χ4v) is 4.91. The van der Waals surface area contributed by atoms with Gasteiger partial charge >= 0.3 is 0 Å². The minimum absolute atomic E-state index is 0.0333. The van der Waals surface area contributed by atoms with E-state index in [-0.39, 0.29) is 42.3 Å². The van der Waals surface area contributed by atoms with E-state index in [4.69, 9.17) is 0 Å². The van der Waals surface area contributed by atoms with Gasteiger partial charge in [-0.2, -0.15) is 5.10 Å². The largest absolute Gasteiger partial charge is 0.370 e. The predicted molar refractivity (Wildman–Crippen MR) is 117 cm³/mol. The molecule has 0 bridgehead atoms. The summed E-state index contributed by atoms with van der Waals surface area (Å²) in [6.45, 7) is 5.93. The van der Waals surface area contributed by atoms with E-state index in [1.807, 2.05) is 10.9 Å². The second-order valence-electron chi connectivity index (χ2n) is 9.17. The first-order valence-electron chi connectivity index (χ1n) is 10.7. The number of rotatable bonds is 5. The van der Waals surface area contributed by atoms with E-state index >= 15 is 0 Å². The zero-order valence-electron chi connectivity index (χ0n) is 18.5. The highest BCUT2D eigenvalue weighted by Crippen LogP contribution is 2.34. The van der Waals surface area contributed by atoms with Crippen molar-refractivity contribution in [1.29, 1.82) is 0 Å². The summed E-state index contributed by atoms with van der Waals surface area (Å²) >= 11 is 0. The van der Waals surface area contributed by atoms with Gasteiger partial charge in [-0.15, -0.1) is 0 Å². The molecule has 32 heavy (non-hydrogen) atoms. The van der Waals surface area contributed by atoms with Gasteiger partial charge in [0.2, 0.25) is 0 Å². The lowest BCUT2D eigenvalue weighted by atomic mass is 10.0. The first-order valence-corrected chi connectivity index (χ1v) is 12.6. The number of alkyl halides is 2. The van der Waals surface area contributed by atoms with E-state index in [2.05, 4.69) is 18.9 Å². The minimum Gasteiger partial charge on any atom is -0.370 e. The van der Waals surface area contributed by atoms with Crippen LogP contribution in [0.25, 0.3) is 0 Å². The van der Waals surface area contributed by atoms with E-state index in [1.54, 1.807) is 15.9 Å². The Morgan fingerprint density at radius 1 is 1.19 bits per heavy atom. The van der Waals surface area contributed by atoms with Crippen LogP contribution in [0.4, 0.5) is 14.5 Å². The van der Waals surface area contributed by atoms with Crippen molar-refractivity contribution < 1.29 is 22.0 Å². The third-order valence-electron chi connectivity index (χ3n) is 5.93. The third-order valence-corrected chi connectivity index (χ3v) is 7.04. The molecule has 0 N–H and O–H groups in total. The van der Waals surface area contributed by atoms with Gasteiger partial charge in [0.25, 0.3) is 11.8 Å². The maximum Gasteiger partial charge on any atom is 0.256 e. The van der Waals surface area contributed by atoms with Gasteiger partial charge in [-0.3, -0.25) is 9.48 Å².